The van der Waals surface area contributed by atoms with Gasteiger partial charge in [0.15, 0.2) is 0 Å². The number of amides is 1. The van der Waals surface area contributed by atoms with Gasteiger partial charge in [-0.25, -0.2) is 14.2 Å². The molecule has 2 heterocycles. The summed E-state index contributed by atoms with van der Waals surface area (Å²) < 4.78 is 20.5. The van der Waals surface area contributed by atoms with Crippen LogP contribution >= 0.6 is 0 Å². The molecule has 0 bridgehead atoms. The number of carbonyl (C=O) groups is 1. The van der Waals surface area contributed by atoms with Crippen LogP contribution in [0, 0.1) is 5.82 Å². The van der Waals surface area contributed by atoms with Gasteiger partial charge in [0.1, 0.15) is 11.4 Å². The monoisotopic (exact) mass is 343 g/mol. The van der Waals surface area contributed by atoms with E-state index >= 15 is 0 Å². The zero-order valence-electron chi connectivity index (χ0n) is 14.7. The summed E-state index contributed by atoms with van der Waals surface area (Å²) in [5.74, 6) is -0.280. The van der Waals surface area contributed by atoms with Crippen LogP contribution in [0.15, 0.2) is 42.9 Å². The number of hydrogen-bond acceptors (Lipinski definition) is 3. The topological polar surface area (TPSA) is 47.4 Å². The Morgan fingerprint density at radius 1 is 1.32 bits per heavy atom. The van der Waals surface area contributed by atoms with Gasteiger partial charge in [0.2, 0.25) is 0 Å². The highest BCUT2D eigenvalue weighted by molar-refractivity contribution is 5.71. The maximum atomic E-state index is 13.4. The Morgan fingerprint density at radius 2 is 2.12 bits per heavy atom. The van der Waals surface area contributed by atoms with Gasteiger partial charge < -0.3 is 14.2 Å². The molecule has 0 radical (unpaired) electrons. The van der Waals surface area contributed by atoms with Crippen molar-refractivity contribution in [3.8, 4) is 5.69 Å². The average Bonchev–Trinajstić information content (AvgIpc) is 3.03. The number of aromatic nitrogens is 2. The van der Waals surface area contributed by atoms with Crippen LogP contribution < -0.4 is 0 Å². The zero-order chi connectivity index (χ0) is 18.0. The first kappa shape index (κ1) is 17.2. The third kappa shape index (κ3) is 4.26. The summed E-state index contributed by atoms with van der Waals surface area (Å²) in [7, 11) is 0. The molecule has 5 nitrogen and oxygen atoms in total. The Labute approximate surface area is 146 Å². The second kappa shape index (κ2) is 6.70. The van der Waals surface area contributed by atoms with Gasteiger partial charge in [-0.05, 0) is 51.0 Å². The summed E-state index contributed by atoms with van der Waals surface area (Å²) in [6.45, 7) is 6.66. The maximum Gasteiger partial charge on any atom is 0.410 e. The fraction of sp³-hybridized carbons (Fsp3) is 0.368. The number of benzene rings is 1. The molecule has 6 heteroatoms. The number of rotatable bonds is 2. The second-order valence-corrected chi connectivity index (χ2v) is 7.05. The lowest BCUT2D eigenvalue weighted by Crippen LogP contribution is -2.39. The second-order valence-electron chi connectivity index (χ2n) is 7.05. The number of ether oxygens (including phenoxy) is 1. The van der Waals surface area contributed by atoms with E-state index in [1.54, 1.807) is 21.9 Å². The molecule has 0 spiro atoms. The third-order valence-corrected chi connectivity index (χ3v) is 3.88. The first-order valence-corrected chi connectivity index (χ1v) is 8.29. The fourth-order valence-corrected chi connectivity index (χ4v) is 2.66. The summed E-state index contributed by atoms with van der Waals surface area (Å²) in [6, 6.07) is 6.37. The van der Waals surface area contributed by atoms with Crippen molar-refractivity contribution in [3.05, 3.63) is 54.4 Å². The van der Waals surface area contributed by atoms with E-state index in [9.17, 15) is 9.18 Å². The van der Waals surface area contributed by atoms with E-state index in [2.05, 4.69) is 4.98 Å². The third-order valence-electron chi connectivity index (χ3n) is 3.88. The normalized spacial score (nSPS) is 15.0. The molecule has 3 rings (SSSR count). The van der Waals surface area contributed by atoms with Crippen molar-refractivity contribution < 1.29 is 13.9 Å². The van der Waals surface area contributed by atoms with E-state index in [-0.39, 0.29) is 11.9 Å². The van der Waals surface area contributed by atoms with Gasteiger partial charge in [-0.3, -0.25) is 0 Å². The minimum absolute atomic E-state index is 0.280. The first-order valence-electron chi connectivity index (χ1n) is 8.29. The van der Waals surface area contributed by atoms with E-state index < -0.39 is 5.60 Å². The molecule has 1 amide bonds. The van der Waals surface area contributed by atoms with Crippen molar-refractivity contribution in [1.82, 2.24) is 14.5 Å². The van der Waals surface area contributed by atoms with E-state index in [1.807, 2.05) is 39.1 Å². The van der Waals surface area contributed by atoms with Crippen molar-refractivity contribution in [2.24, 2.45) is 0 Å². The molecule has 1 aromatic carbocycles. The molecular weight excluding hydrogens is 321 g/mol. The van der Waals surface area contributed by atoms with Gasteiger partial charge in [0.25, 0.3) is 0 Å². The fourth-order valence-electron chi connectivity index (χ4n) is 2.66. The standard InChI is InChI=1S/C19H22FN3O2/c1-19(2,3)25-18(24)22-9-7-14(8-10-22)17-12-23(13-21-17)16-6-4-5-15(20)11-16/h4-7,11-13H,8-10H2,1-3H3. The Balaban J connectivity index is 1.69. The quantitative estimate of drug-likeness (QED) is 0.827. The van der Waals surface area contributed by atoms with Gasteiger partial charge in [0, 0.05) is 25.0 Å². The number of halogens is 1. The molecule has 132 valence electrons. The molecule has 0 fully saturated rings. The Morgan fingerprint density at radius 3 is 2.76 bits per heavy atom. The lowest BCUT2D eigenvalue weighted by molar-refractivity contribution is 0.0270. The van der Waals surface area contributed by atoms with E-state index in [0.29, 0.717) is 19.5 Å². The summed E-state index contributed by atoms with van der Waals surface area (Å²) in [5, 5.41) is 0. The van der Waals surface area contributed by atoms with Crippen LogP contribution in [0.3, 0.4) is 0 Å². The average molecular weight is 343 g/mol. The van der Waals surface area contributed by atoms with Crippen LogP contribution in [-0.2, 0) is 4.74 Å². The first-order chi connectivity index (χ1) is 11.8. The lowest BCUT2D eigenvalue weighted by Gasteiger charge is -2.29. The van der Waals surface area contributed by atoms with E-state index in [0.717, 1.165) is 17.0 Å². The maximum absolute atomic E-state index is 13.4. The van der Waals surface area contributed by atoms with Crippen molar-refractivity contribution in [3.63, 3.8) is 0 Å². The Bertz CT molecular complexity index is 805. The van der Waals surface area contributed by atoms with Crippen LogP contribution in [0.4, 0.5) is 9.18 Å². The summed E-state index contributed by atoms with van der Waals surface area (Å²) >= 11 is 0. The molecule has 0 saturated carbocycles. The predicted molar refractivity (Wildman–Crippen MR) is 93.9 cm³/mol. The molecule has 0 aliphatic carbocycles. The van der Waals surface area contributed by atoms with Crippen molar-refractivity contribution >= 4 is 11.7 Å². The Kier molecular flexibility index (Phi) is 4.61. The van der Waals surface area contributed by atoms with Crippen LogP contribution in [-0.4, -0.2) is 39.2 Å². The van der Waals surface area contributed by atoms with Gasteiger partial charge in [-0.2, -0.15) is 0 Å². The van der Waals surface area contributed by atoms with Gasteiger partial charge in [-0.1, -0.05) is 12.1 Å². The van der Waals surface area contributed by atoms with Crippen LogP contribution in [0.1, 0.15) is 32.9 Å². The number of carbonyl (C=O) groups excluding carboxylic acids is 1. The van der Waals surface area contributed by atoms with Gasteiger partial charge in [-0.15, -0.1) is 0 Å². The molecule has 1 aromatic heterocycles. The highest BCUT2D eigenvalue weighted by atomic mass is 19.1. The molecule has 2 aromatic rings. The molecule has 0 N–H and O–H groups in total. The van der Waals surface area contributed by atoms with Crippen LogP contribution in [0.5, 0.6) is 0 Å². The van der Waals surface area contributed by atoms with Crippen molar-refractivity contribution in [1.29, 1.82) is 0 Å². The number of hydrogen-bond donors (Lipinski definition) is 0. The number of imidazole rings is 1. The highest BCUT2D eigenvalue weighted by Crippen LogP contribution is 2.23. The SMILES string of the molecule is CC(C)(C)OC(=O)N1CC=C(c2cn(-c3cccc(F)c3)cn2)CC1. The molecule has 0 saturated heterocycles. The van der Waals surface area contributed by atoms with E-state index in [4.69, 9.17) is 4.74 Å². The minimum atomic E-state index is -0.495. The lowest BCUT2D eigenvalue weighted by atomic mass is 10.1. The number of nitrogens with zero attached hydrogens (tertiary/aromatic N) is 3. The molecule has 0 unspecified atom stereocenters. The van der Waals surface area contributed by atoms with E-state index in [1.165, 1.54) is 12.1 Å². The van der Waals surface area contributed by atoms with Crippen molar-refractivity contribution in [2.75, 3.05) is 13.1 Å². The minimum Gasteiger partial charge on any atom is -0.444 e. The molecule has 25 heavy (non-hydrogen) atoms. The van der Waals surface area contributed by atoms with Gasteiger partial charge in [0.05, 0.1) is 12.0 Å². The Hall–Kier alpha value is -2.63. The predicted octanol–water partition coefficient (Wildman–Crippen LogP) is 4.04. The summed E-state index contributed by atoms with van der Waals surface area (Å²) in [6.07, 6.45) is 5.95. The van der Waals surface area contributed by atoms with Crippen molar-refractivity contribution in [2.45, 2.75) is 32.8 Å². The molecular formula is C19H22FN3O2. The summed E-state index contributed by atoms with van der Waals surface area (Å²) in [5.41, 5.74) is 2.15. The zero-order valence-corrected chi connectivity index (χ0v) is 14.7. The highest BCUT2D eigenvalue weighted by Gasteiger charge is 2.24. The van der Waals surface area contributed by atoms with Gasteiger partial charge >= 0.3 is 6.09 Å². The summed E-state index contributed by atoms with van der Waals surface area (Å²) in [4.78, 5) is 18.2. The largest absolute Gasteiger partial charge is 0.444 e. The molecule has 1 aliphatic heterocycles. The van der Waals surface area contributed by atoms with Crippen LogP contribution in [0.25, 0.3) is 11.3 Å². The molecule has 1 aliphatic rings. The van der Waals surface area contributed by atoms with Crippen LogP contribution in [0.2, 0.25) is 0 Å². The smallest absolute Gasteiger partial charge is 0.410 e. The molecule has 0 atom stereocenters.